The molecule has 0 radical (unpaired) electrons. The highest BCUT2D eigenvalue weighted by Crippen LogP contribution is 2.39. The predicted molar refractivity (Wildman–Crippen MR) is 181 cm³/mol. The molecule has 5 heterocycles. The summed E-state index contributed by atoms with van der Waals surface area (Å²) in [5, 5.41) is 8.85. The fourth-order valence-electron chi connectivity index (χ4n) is 6.02. The van der Waals surface area contributed by atoms with E-state index in [1.54, 1.807) is 10.6 Å². The Hall–Kier alpha value is -3.70. The molecule has 5 aromatic rings. The summed E-state index contributed by atoms with van der Waals surface area (Å²) in [6.07, 6.45) is 5.90. The van der Waals surface area contributed by atoms with Gasteiger partial charge in [-0.15, -0.1) is 24.8 Å². The van der Waals surface area contributed by atoms with Crippen LogP contribution in [-0.4, -0.2) is 85.7 Å². The first-order chi connectivity index (χ1) is 20.9. The number of piperazine rings is 1. The van der Waals surface area contributed by atoms with Gasteiger partial charge < -0.3 is 15.0 Å². The molecule has 1 aliphatic carbocycles. The minimum atomic E-state index is -0.233. The number of aryl methyl sites for hydroxylation is 1. The lowest BCUT2D eigenvalue weighted by Crippen LogP contribution is -2.50. The van der Waals surface area contributed by atoms with E-state index in [0.717, 1.165) is 59.9 Å². The number of imidazole rings is 1. The van der Waals surface area contributed by atoms with E-state index in [1.807, 2.05) is 48.1 Å². The van der Waals surface area contributed by atoms with Crippen molar-refractivity contribution in [2.24, 2.45) is 0 Å². The molecule has 10 nitrogen and oxygen atoms in total. The van der Waals surface area contributed by atoms with Crippen LogP contribution in [0.15, 0.2) is 60.9 Å². The van der Waals surface area contributed by atoms with Gasteiger partial charge in [0.1, 0.15) is 23.7 Å². The first-order valence-electron chi connectivity index (χ1n) is 15.2. The maximum absolute atomic E-state index is 13.5. The van der Waals surface area contributed by atoms with E-state index in [-0.39, 0.29) is 30.7 Å². The predicted octanol–water partition coefficient (Wildman–Crippen LogP) is 5.42. The van der Waals surface area contributed by atoms with Gasteiger partial charge >= 0.3 is 0 Å². The number of amides is 1. The van der Waals surface area contributed by atoms with Gasteiger partial charge in [0.15, 0.2) is 0 Å². The molecule has 1 aromatic carbocycles. The van der Waals surface area contributed by atoms with Gasteiger partial charge in [0.05, 0.1) is 35.3 Å². The number of fused-ring (bicyclic) bond motifs is 2. The van der Waals surface area contributed by atoms with Crippen molar-refractivity contribution in [2.75, 3.05) is 45.2 Å². The summed E-state index contributed by atoms with van der Waals surface area (Å²) in [5.74, 6) is 1.12. The maximum Gasteiger partial charge on any atom is 0.274 e. The molecule has 0 spiro atoms. The monoisotopic (exact) mass is 650 g/mol. The zero-order valence-electron chi connectivity index (χ0n) is 25.8. The molecule has 1 saturated heterocycles. The van der Waals surface area contributed by atoms with Gasteiger partial charge in [-0.3, -0.25) is 23.8 Å². The Morgan fingerprint density at radius 3 is 2.71 bits per heavy atom. The topological polar surface area (TPSA) is 92.8 Å². The molecular weight excluding hydrogens is 611 g/mol. The quantitative estimate of drug-likeness (QED) is 0.228. The number of hydrogen-bond donors (Lipinski definition) is 1. The van der Waals surface area contributed by atoms with Crippen molar-refractivity contribution in [3.05, 3.63) is 83.7 Å². The van der Waals surface area contributed by atoms with Crippen molar-refractivity contribution in [2.45, 2.75) is 45.2 Å². The van der Waals surface area contributed by atoms with E-state index < -0.39 is 0 Å². The summed E-state index contributed by atoms with van der Waals surface area (Å²) in [5.41, 5.74) is 5.82. The second kappa shape index (κ2) is 13.7. The van der Waals surface area contributed by atoms with E-state index >= 15 is 0 Å². The molecule has 0 unspecified atom stereocenters. The first-order valence-corrected chi connectivity index (χ1v) is 15.2. The second-order valence-corrected chi connectivity index (χ2v) is 11.9. The maximum atomic E-state index is 13.5. The third kappa shape index (κ3) is 6.94. The molecule has 1 amide bonds. The fraction of sp³-hybridized carbons (Fsp3) is 0.394. The number of likely N-dealkylation sites (N-methyl/N-ethyl adjacent to an activating group) is 1. The molecule has 1 N–H and O–H groups in total. The number of rotatable bonds is 9. The van der Waals surface area contributed by atoms with E-state index in [0.29, 0.717) is 36.5 Å². The van der Waals surface area contributed by atoms with Gasteiger partial charge in [0, 0.05) is 61.5 Å². The van der Waals surface area contributed by atoms with Crippen LogP contribution in [0.25, 0.3) is 16.6 Å². The van der Waals surface area contributed by atoms with Crippen molar-refractivity contribution in [3.63, 3.8) is 0 Å². The van der Waals surface area contributed by atoms with Crippen LogP contribution in [-0.2, 0) is 6.54 Å². The Labute approximate surface area is 275 Å². The standard InChI is InChI=1S/C33H38N8O2.2ClH/c1-22-20-39(15-14-38(22)3)16-17-43-26-12-13-40-30(19-34-31(40)18-26)33(42)36-28-8-5-9-29-32(28)23(2)37-41(29)21-25-6-4-7-27(35-25)24-10-11-24;;/h4-9,12-13,18-19,22,24H,10-11,14-17,20-21H2,1-3H3,(H,36,42);2*1H/t22-;;/m1../s1. The molecule has 4 aromatic heterocycles. The molecule has 2 fully saturated rings. The highest BCUT2D eigenvalue weighted by atomic mass is 35.5. The Bertz CT molecular complexity index is 1800. The number of halogens is 2. The van der Waals surface area contributed by atoms with Gasteiger partial charge in [0.2, 0.25) is 0 Å². The van der Waals surface area contributed by atoms with Crippen LogP contribution in [0.2, 0.25) is 0 Å². The lowest BCUT2D eigenvalue weighted by atomic mass is 10.1. The Morgan fingerprint density at radius 2 is 1.91 bits per heavy atom. The lowest BCUT2D eigenvalue weighted by molar-refractivity contribution is 0.0928. The van der Waals surface area contributed by atoms with Crippen LogP contribution in [0, 0.1) is 6.92 Å². The summed E-state index contributed by atoms with van der Waals surface area (Å²) in [6, 6.07) is 16.5. The second-order valence-electron chi connectivity index (χ2n) is 11.9. The number of pyridine rings is 2. The molecule has 2 aliphatic rings. The molecular formula is C33H40Cl2N8O2. The fourth-order valence-corrected chi connectivity index (χ4v) is 6.02. The zero-order chi connectivity index (χ0) is 29.5. The van der Waals surface area contributed by atoms with E-state index in [4.69, 9.17) is 14.8 Å². The molecule has 7 rings (SSSR count). The van der Waals surface area contributed by atoms with Gasteiger partial charge in [-0.05, 0) is 64.1 Å². The van der Waals surface area contributed by atoms with Crippen molar-refractivity contribution >= 4 is 53.0 Å². The van der Waals surface area contributed by atoms with Crippen LogP contribution in [0.4, 0.5) is 5.69 Å². The number of ether oxygens (including phenoxy) is 1. The zero-order valence-corrected chi connectivity index (χ0v) is 27.5. The number of carbonyl (C=O) groups is 1. The highest BCUT2D eigenvalue weighted by molar-refractivity contribution is 6.08. The number of nitrogens with zero attached hydrogens (tertiary/aromatic N) is 7. The van der Waals surface area contributed by atoms with Crippen molar-refractivity contribution in [1.82, 2.24) is 33.9 Å². The number of aromatic nitrogens is 5. The first kappa shape index (κ1) is 32.7. The van der Waals surface area contributed by atoms with Crippen molar-refractivity contribution in [3.8, 4) is 5.75 Å². The minimum absolute atomic E-state index is 0. The molecule has 1 saturated carbocycles. The third-order valence-electron chi connectivity index (χ3n) is 8.77. The van der Waals surface area contributed by atoms with Gasteiger partial charge in [-0.25, -0.2) is 4.98 Å². The van der Waals surface area contributed by atoms with Gasteiger partial charge in [-0.2, -0.15) is 5.10 Å². The third-order valence-corrected chi connectivity index (χ3v) is 8.77. The van der Waals surface area contributed by atoms with Gasteiger partial charge in [0.25, 0.3) is 5.91 Å². The molecule has 0 bridgehead atoms. The SMILES string of the molecule is Cc1nn(Cc2cccc(C3CC3)n2)c2cccc(NC(=O)c3cnc4cc(OCCN5CCN(C)[C@H](C)C5)ccn34)c12.Cl.Cl. The summed E-state index contributed by atoms with van der Waals surface area (Å²) < 4.78 is 9.81. The summed E-state index contributed by atoms with van der Waals surface area (Å²) in [4.78, 5) is 27.7. The Kier molecular flexibility index (Phi) is 9.98. The smallest absolute Gasteiger partial charge is 0.274 e. The van der Waals surface area contributed by atoms with Crippen LogP contribution >= 0.6 is 24.8 Å². The average molecular weight is 652 g/mol. The largest absolute Gasteiger partial charge is 0.492 e. The number of benzene rings is 1. The van der Waals surface area contributed by atoms with Crippen molar-refractivity contribution < 1.29 is 9.53 Å². The minimum Gasteiger partial charge on any atom is -0.492 e. The number of carbonyl (C=O) groups excluding carboxylic acids is 1. The number of nitrogens with one attached hydrogen (secondary N) is 1. The van der Waals surface area contributed by atoms with E-state index in [2.05, 4.69) is 52.3 Å². The Balaban J connectivity index is 0.00000200. The molecule has 1 aliphatic heterocycles. The Morgan fingerprint density at radius 1 is 1.09 bits per heavy atom. The molecule has 238 valence electrons. The van der Waals surface area contributed by atoms with Crippen LogP contribution in [0.5, 0.6) is 5.75 Å². The average Bonchev–Trinajstić information content (AvgIpc) is 3.70. The number of anilines is 1. The highest BCUT2D eigenvalue weighted by Gasteiger charge is 2.25. The van der Waals surface area contributed by atoms with Crippen LogP contribution < -0.4 is 10.1 Å². The molecule has 12 heteroatoms. The van der Waals surface area contributed by atoms with E-state index in [9.17, 15) is 4.79 Å². The number of hydrogen-bond acceptors (Lipinski definition) is 7. The summed E-state index contributed by atoms with van der Waals surface area (Å²) in [6.45, 7) is 9.50. The normalized spacial score (nSPS) is 17.2. The summed E-state index contributed by atoms with van der Waals surface area (Å²) in [7, 11) is 2.18. The van der Waals surface area contributed by atoms with Gasteiger partial charge in [-0.1, -0.05) is 12.1 Å². The lowest BCUT2D eigenvalue weighted by Gasteiger charge is -2.37. The van der Waals surface area contributed by atoms with E-state index in [1.165, 1.54) is 18.5 Å². The van der Waals surface area contributed by atoms with Crippen molar-refractivity contribution in [1.29, 1.82) is 0 Å². The summed E-state index contributed by atoms with van der Waals surface area (Å²) >= 11 is 0. The van der Waals surface area contributed by atoms with Crippen LogP contribution in [0.1, 0.15) is 53.3 Å². The molecule has 45 heavy (non-hydrogen) atoms. The molecule has 1 atom stereocenters. The van der Waals surface area contributed by atoms with Crippen LogP contribution in [0.3, 0.4) is 0 Å².